The first kappa shape index (κ1) is 16.0. The van der Waals surface area contributed by atoms with Crippen molar-refractivity contribution in [2.45, 2.75) is 50.7 Å². The van der Waals surface area contributed by atoms with Gasteiger partial charge >= 0.3 is 6.18 Å². The van der Waals surface area contributed by atoms with E-state index in [1.165, 1.54) is 5.56 Å². The molecule has 19 heavy (non-hydrogen) atoms. The molecule has 0 aliphatic heterocycles. The van der Waals surface area contributed by atoms with Gasteiger partial charge in [-0.05, 0) is 44.7 Å². The number of hydrogen-bond donors (Lipinski definition) is 1. The first-order chi connectivity index (χ1) is 9.01. The van der Waals surface area contributed by atoms with Gasteiger partial charge in [-0.3, -0.25) is 0 Å². The van der Waals surface area contributed by atoms with Gasteiger partial charge in [-0.15, -0.1) is 0 Å². The summed E-state index contributed by atoms with van der Waals surface area (Å²) in [5, 5.41) is 3.11. The Bertz CT molecular complexity index is 335. The molecule has 0 radical (unpaired) electrons. The third-order valence-electron chi connectivity index (χ3n) is 3.28. The molecule has 108 valence electrons. The molecule has 0 spiro atoms. The molecule has 0 heterocycles. The van der Waals surface area contributed by atoms with Crippen LogP contribution < -0.4 is 5.32 Å². The fourth-order valence-corrected chi connectivity index (χ4v) is 2.18. The molecule has 1 aromatic rings. The minimum atomic E-state index is -4.03. The summed E-state index contributed by atoms with van der Waals surface area (Å²) < 4.78 is 36.2. The summed E-state index contributed by atoms with van der Waals surface area (Å²) in [6.45, 7) is 0. The van der Waals surface area contributed by atoms with Crippen molar-refractivity contribution >= 4 is 0 Å². The Balaban J connectivity index is 2.18. The standard InChI is InChI=1S/C15H22F3N/c1-19-14(11-6-12-15(16,17)18)10-5-9-13-7-3-2-4-8-13/h2-4,7-8,14,19H,5-6,9-12H2,1H3. The van der Waals surface area contributed by atoms with Crippen LogP contribution in [0.25, 0.3) is 0 Å². The van der Waals surface area contributed by atoms with Crippen LogP contribution in [0, 0.1) is 0 Å². The average Bonchev–Trinajstić information content (AvgIpc) is 2.37. The van der Waals surface area contributed by atoms with E-state index in [1.807, 2.05) is 25.2 Å². The lowest BCUT2D eigenvalue weighted by molar-refractivity contribution is -0.135. The van der Waals surface area contributed by atoms with Crippen molar-refractivity contribution < 1.29 is 13.2 Å². The van der Waals surface area contributed by atoms with Gasteiger partial charge in [0.05, 0.1) is 0 Å². The predicted octanol–water partition coefficient (Wildman–Crippen LogP) is 4.33. The molecule has 0 bridgehead atoms. The van der Waals surface area contributed by atoms with Crippen molar-refractivity contribution in [3.8, 4) is 0 Å². The van der Waals surface area contributed by atoms with Gasteiger partial charge in [0.2, 0.25) is 0 Å². The predicted molar refractivity (Wildman–Crippen MR) is 72.1 cm³/mol. The second-order valence-electron chi connectivity index (χ2n) is 4.87. The van der Waals surface area contributed by atoms with Crippen molar-refractivity contribution in [1.82, 2.24) is 5.32 Å². The minimum Gasteiger partial charge on any atom is -0.317 e. The molecule has 0 aromatic heterocycles. The molecule has 0 aliphatic rings. The van der Waals surface area contributed by atoms with E-state index < -0.39 is 12.6 Å². The Morgan fingerprint density at radius 1 is 1.05 bits per heavy atom. The lowest BCUT2D eigenvalue weighted by Crippen LogP contribution is -2.25. The maximum absolute atomic E-state index is 12.1. The number of nitrogens with one attached hydrogen (secondary N) is 1. The highest BCUT2D eigenvalue weighted by molar-refractivity contribution is 5.14. The van der Waals surface area contributed by atoms with E-state index in [-0.39, 0.29) is 12.5 Å². The summed E-state index contributed by atoms with van der Waals surface area (Å²) in [6.07, 6.45) is -1.000. The highest BCUT2D eigenvalue weighted by Gasteiger charge is 2.26. The van der Waals surface area contributed by atoms with E-state index in [0.29, 0.717) is 6.42 Å². The van der Waals surface area contributed by atoms with E-state index >= 15 is 0 Å². The Morgan fingerprint density at radius 2 is 1.68 bits per heavy atom. The van der Waals surface area contributed by atoms with Gasteiger partial charge in [0.25, 0.3) is 0 Å². The van der Waals surface area contributed by atoms with Gasteiger partial charge in [-0.1, -0.05) is 30.3 Å². The second-order valence-corrected chi connectivity index (χ2v) is 4.87. The monoisotopic (exact) mass is 273 g/mol. The lowest BCUT2D eigenvalue weighted by atomic mass is 10.0. The summed E-state index contributed by atoms with van der Waals surface area (Å²) in [5.74, 6) is 0. The zero-order valence-electron chi connectivity index (χ0n) is 11.3. The van der Waals surface area contributed by atoms with Gasteiger partial charge in [0, 0.05) is 12.5 Å². The van der Waals surface area contributed by atoms with Crippen LogP contribution in [0.15, 0.2) is 30.3 Å². The van der Waals surface area contributed by atoms with Gasteiger partial charge in [-0.2, -0.15) is 13.2 Å². The Hall–Kier alpha value is -1.03. The van der Waals surface area contributed by atoms with Crippen molar-refractivity contribution in [3.63, 3.8) is 0 Å². The van der Waals surface area contributed by atoms with Gasteiger partial charge in [-0.25, -0.2) is 0 Å². The third-order valence-corrected chi connectivity index (χ3v) is 3.28. The number of benzene rings is 1. The van der Waals surface area contributed by atoms with Crippen LogP contribution in [0.4, 0.5) is 13.2 Å². The Kier molecular flexibility index (Phi) is 6.92. The van der Waals surface area contributed by atoms with Crippen molar-refractivity contribution in [1.29, 1.82) is 0 Å². The molecule has 0 fully saturated rings. The first-order valence-electron chi connectivity index (χ1n) is 6.79. The summed E-state index contributed by atoms with van der Waals surface area (Å²) in [5.41, 5.74) is 1.28. The third kappa shape index (κ3) is 7.88. The number of aryl methyl sites for hydroxylation is 1. The molecule has 1 aromatic carbocycles. The van der Waals surface area contributed by atoms with Crippen LogP contribution in [0.5, 0.6) is 0 Å². The maximum atomic E-state index is 12.1. The SMILES string of the molecule is CNC(CCCc1ccccc1)CCCC(F)(F)F. The van der Waals surface area contributed by atoms with E-state index in [4.69, 9.17) is 0 Å². The largest absolute Gasteiger partial charge is 0.389 e. The van der Waals surface area contributed by atoms with Gasteiger partial charge in [0.15, 0.2) is 0 Å². The highest BCUT2D eigenvalue weighted by atomic mass is 19.4. The maximum Gasteiger partial charge on any atom is 0.389 e. The summed E-state index contributed by atoms with van der Waals surface area (Å²) in [4.78, 5) is 0. The van der Waals surface area contributed by atoms with Crippen molar-refractivity contribution in [2.75, 3.05) is 7.05 Å². The molecule has 0 amide bonds. The molecular weight excluding hydrogens is 251 g/mol. The second kappa shape index (κ2) is 8.20. The summed E-state index contributed by atoms with van der Waals surface area (Å²) in [6, 6.07) is 10.3. The normalized spacial score (nSPS) is 13.5. The topological polar surface area (TPSA) is 12.0 Å². The van der Waals surface area contributed by atoms with Crippen LogP contribution in [0.2, 0.25) is 0 Å². The van der Waals surface area contributed by atoms with E-state index in [9.17, 15) is 13.2 Å². The van der Waals surface area contributed by atoms with Crippen LogP contribution in [0.3, 0.4) is 0 Å². The zero-order valence-corrected chi connectivity index (χ0v) is 11.3. The Morgan fingerprint density at radius 3 is 2.26 bits per heavy atom. The number of rotatable bonds is 8. The average molecular weight is 273 g/mol. The molecular formula is C15H22F3N. The molecule has 1 nitrogen and oxygen atoms in total. The first-order valence-corrected chi connectivity index (χ1v) is 6.79. The quantitative estimate of drug-likeness (QED) is 0.743. The number of hydrogen-bond acceptors (Lipinski definition) is 1. The van der Waals surface area contributed by atoms with Crippen molar-refractivity contribution in [2.24, 2.45) is 0 Å². The summed E-state index contributed by atoms with van der Waals surface area (Å²) in [7, 11) is 1.82. The fraction of sp³-hybridized carbons (Fsp3) is 0.600. The Labute approximate surface area is 113 Å². The highest BCUT2D eigenvalue weighted by Crippen LogP contribution is 2.23. The van der Waals surface area contributed by atoms with E-state index in [1.54, 1.807) is 0 Å². The molecule has 4 heteroatoms. The van der Waals surface area contributed by atoms with Gasteiger partial charge in [0.1, 0.15) is 0 Å². The summed E-state index contributed by atoms with van der Waals surface area (Å²) >= 11 is 0. The van der Waals surface area contributed by atoms with Crippen LogP contribution in [-0.2, 0) is 6.42 Å². The molecule has 0 aliphatic carbocycles. The van der Waals surface area contributed by atoms with Crippen LogP contribution >= 0.6 is 0 Å². The van der Waals surface area contributed by atoms with E-state index in [2.05, 4.69) is 17.4 Å². The lowest BCUT2D eigenvalue weighted by Gasteiger charge is -2.16. The smallest absolute Gasteiger partial charge is 0.317 e. The van der Waals surface area contributed by atoms with Crippen LogP contribution in [0.1, 0.15) is 37.7 Å². The van der Waals surface area contributed by atoms with Crippen LogP contribution in [-0.4, -0.2) is 19.3 Å². The minimum absolute atomic E-state index is 0.186. The molecule has 1 rings (SSSR count). The van der Waals surface area contributed by atoms with E-state index in [0.717, 1.165) is 19.3 Å². The number of alkyl halides is 3. The fourth-order valence-electron chi connectivity index (χ4n) is 2.18. The van der Waals surface area contributed by atoms with Crippen molar-refractivity contribution in [3.05, 3.63) is 35.9 Å². The molecule has 0 saturated heterocycles. The van der Waals surface area contributed by atoms with Gasteiger partial charge < -0.3 is 5.32 Å². The molecule has 0 saturated carbocycles. The molecule has 1 unspecified atom stereocenters. The zero-order chi connectivity index (χ0) is 14.1. The molecule has 1 atom stereocenters. The number of halogens is 3. The molecule has 1 N–H and O–H groups in total.